The number of hydrogen-bond acceptors (Lipinski definition) is 4. The predicted molar refractivity (Wildman–Crippen MR) is 92.8 cm³/mol. The van der Waals surface area contributed by atoms with Crippen molar-refractivity contribution >= 4 is 33.2 Å². The average Bonchev–Trinajstić information content (AvgIpc) is 2.56. The first kappa shape index (κ1) is 19.2. The second kappa shape index (κ2) is 7.81. The lowest BCUT2D eigenvalue weighted by Gasteiger charge is -2.18. The maximum absolute atomic E-state index is 12.9. The molecule has 0 unspecified atom stereocenters. The highest BCUT2D eigenvalue weighted by atomic mass is 35.5. The molecule has 0 aromatic heterocycles. The van der Waals surface area contributed by atoms with Gasteiger partial charge >= 0.3 is 0 Å². The summed E-state index contributed by atoms with van der Waals surface area (Å²) in [7, 11) is -1.39. The van der Waals surface area contributed by atoms with E-state index in [1.807, 2.05) is 0 Å². The van der Waals surface area contributed by atoms with Crippen LogP contribution in [0.4, 0.5) is 10.1 Å². The Morgan fingerprint density at radius 1 is 1.24 bits per heavy atom. The minimum Gasteiger partial charge on any atom is -0.495 e. The van der Waals surface area contributed by atoms with E-state index in [1.165, 1.54) is 56.6 Å². The van der Waals surface area contributed by atoms with Gasteiger partial charge in [-0.05, 0) is 42.5 Å². The Morgan fingerprint density at radius 3 is 2.48 bits per heavy atom. The molecule has 25 heavy (non-hydrogen) atoms. The van der Waals surface area contributed by atoms with E-state index in [4.69, 9.17) is 16.3 Å². The molecular weight excluding hydrogens is 371 g/mol. The van der Waals surface area contributed by atoms with Gasteiger partial charge in [0.05, 0.1) is 13.7 Å². The third-order valence-electron chi connectivity index (χ3n) is 3.31. The predicted octanol–water partition coefficient (Wildman–Crippen LogP) is 2.75. The average molecular weight is 387 g/mol. The zero-order valence-corrected chi connectivity index (χ0v) is 15.1. The summed E-state index contributed by atoms with van der Waals surface area (Å²) >= 11 is 5.86. The second-order valence-corrected chi connectivity index (χ2v) is 7.56. The van der Waals surface area contributed by atoms with Crippen LogP contribution in [0.1, 0.15) is 0 Å². The Morgan fingerprint density at radius 2 is 1.88 bits per heavy atom. The van der Waals surface area contributed by atoms with Gasteiger partial charge in [0.15, 0.2) is 0 Å². The van der Waals surface area contributed by atoms with E-state index in [0.717, 1.165) is 4.31 Å². The van der Waals surface area contributed by atoms with Crippen LogP contribution in [0.2, 0.25) is 5.02 Å². The molecule has 0 spiro atoms. The topological polar surface area (TPSA) is 75.7 Å². The number of sulfonamides is 1. The quantitative estimate of drug-likeness (QED) is 0.828. The molecule has 2 aromatic rings. The van der Waals surface area contributed by atoms with Crippen LogP contribution in [0.3, 0.4) is 0 Å². The third kappa shape index (κ3) is 4.68. The summed E-state index contributed by atoms with van der Waals surface area (Å²) in [5, 5.41) is 2.72. The molecule has 0 bridgehead atoms. The first-order valence-corrected chi connectivity index (χ1v) is 8.91. The number of hydrogen-bond donors (Lipinski definition) is 1. The minimum atomic E-state index is -4.00. The van der Waals surface area contributed by atoms with Crippen molar-refractivity contribution in [2.75, 3.05) is 26.0 Å². The standard InChI is InChI=1S/C16H16ClFN2O4S/c1-20(10-16(21)19-13-6-4-12(18)5-7-13)25(22,23)15-9-11(17)3-8-14(15)24-2/h3-9H,10H2,1-2H3,(H,19,21). The maximum atomic E-state index is 12.9. The van der Waals surface area contributed by atoms with Crippen molar-refractivity contribution in [1.82, 2.24) is 4.31 Å². The number of methoxy groups -OCH3 is 1. The van der Waals surface area contributed by atoms with E-state index in [-0.39, 0.29) is 15.7 Å². The van der Waals surface area contributed by atoms with Crippen LogP contribution in [-0.4, -0.2) is 39.3 Å². The van der Waals surface area contributed by atoms with Crippen molar-refractivity contribution < 1.29 is 22.3 Å². The maximum Gasteiger partial charge on any atom is 0.247 e. The fourth-order valence-electron chi connectivity index (χ4n) is 2.04. The van der Waals surface area contributed by atoms with E-state index >= 15 is 0 Å². The number of benzene rings is 2. The lowest BCUT2D eigenvalue weighted by molar-refractivity contribution is -0.116. The lowest BCUT2D eigenvalue weighted by Crippen LogP contribution is -2.35. The SMILES string of the molecule is COc1ccc(Cl)cc1S(=O)(=O)N(C)CC(=O)Nc1ccc(F)cc1. The summed E-state index contributed by atoms with van der Waals surface area (Å²) in [6.45, 7) is -0.435. The molecule has 0 radical (unpaired) electrons. The van der Waals surface area contributed by atoms with Gasteiger partial charge in [0, 0.05) is 17.8 Å². The van der Waals surface area contributed by atoms with Crippen molar-refractivity contribution in [3.63, 3.8) is 0 Å². The van der Waals surface area contributed by atoms with E-state index in [2.05, 4.69) is 5.32 Å². The number of carbonyl (C=O) groups is 1. The van der Waals surface area contributed by atoms with E-state index in [0.29, 0.717) is 5.69 Å². The molecule has 0 fully saturated rings. The molecule has 134 valence electrons. The number of halogens is 2. The van der Waals surface area contributed by atoms with Crippen LogP contribution in [0.25, 0.3) is 0 Å². The summed E-state index contributed by atoms with van der Waals surface area (Å²) in [6, 6.07) is 9.32. The van der Waals surface area contributed by atoms with Gasteiger partial charge in [-0.2, -0.15) is 4.31 Å². The molecule has 1 N–H and O–H groups in total. The molecule has 0 aliphatic rings. The van der Waals surface area contributed by atoms with Gasteiger partial charge in [-0.25, -0.2) is 12.8 Å². The van der Waals surface area contributed by atoms with Crippen LogP contribution in [0.15, 0.2) is 47.4 Å². The van der Waals surface area contributed by atoms with Crippen LogP contribution in [-0.2, 0) is 14.8 Å². The molecule has 0 heterocycles. The number of nitrogens with one attached hydrogen (secondary N) is 1. The zero-order chi connectivity index (χ0) is 18.6. The van der Waals surface area contributed by atoms with Gasteiger partial charge in [0.2, 0.25) is 15.9 Å². The normalized spacial score (nSPS) is 11.4. The number of ether oxygens (including phenoxy) is 1. The van der Waals surface area contributed by atoms with Crippen molar-refractivity contribution in [3.8, 4) is 5.75 Å². The largest absolute Gasteiger partial charge is 0.495 e. The first-order valence-electron chi connectivity index (χ1n) is 7.09. The first-order chi connectivity index (χ1) is 11.7. The van der Waals surface area contributed by atoms with Gasteiger partial charge in [-0.15, -0.1) is 0 Å². The van der Waals surface area contributed by atoms with Crippen molar-refractivity contribution in [3.05, 3.63) is 53.3 Å². The summed E-state index contributed by atoms with van der Waals surface area (Å²) in [4.78, 5) is 11.9. The Labute approximate surface area is 150 Å². The number of amides is 1. The van der Waals surface area contributed by atoms with E-state index in [9.17, 15) is 17.6 Å². The van der Waals surface area contributed by atoms with Gasteiger partial charge in [-0.3, -0.25) is 4.79 Å². The molecule has 6 nitrogen and oxygen atoms in total. The highest BCUT2D eigenvalue weighted by Gasteiger charge is 2.26. The fourth-order valence-corrected chi connectivity index (χ4v) is 3.58. The molecule has 2 rings (SSSR count). The number of carbonyl (C=O) groups excluding carboxylic acids is 1. The number of likely N-dealkylation sites (N-methyl/N-ethyl adjacent to an activating group) is 1. The molecule has 0 saturated heterocycles. The highest BCUT2D eigenvalue weighted by Crippen LogP contribution is 2.29. The van der Waals surface area contributed by atoms with Crippen molar-refractivity contribution in [2.24, 2.45) is 0 Å². The molecule has 2 aromatic carbocycles. The monoisotopic (exact) mass is 386 g/mol. The molecule has 0 saturated carbocycles. The lowest BCUT2D eigenvalue weighted by atomic mass is 10.3. The molecular formula is C16H16ClFN2O4S. The van der Waals surface area contributed by atoms with Gasteiger partial charge < -0.3 is 10.1 Å². The van der Waals surface area contributed by atoms with Gasteiger partial charge in [0.25, 0.3) is 0 Å². The van der Waals surface area contributed by atoms with Crippen LogP contribution < -0.4 is 10.1 Å². The smallest absolute Gasteiger partial charge is 0.247 e. The van der Waals surface area contributed by atoms with Crippen LogP contribution in [0, 0.1) is 5.82 Å². The van der Waals surface area contributed by atoms with E-state index < -0.39 is 28.3 Å². The second-order valence-electron chi connectivity index (χ2n) is 5.11. The van der Waals surface area contributed by atoms with Crippen molar-refractivity contribution in [1.29, 1.82) is 0 Å². The minimum absolute atomic E-state index is 0.121. The van der Waals surface area contributed by atoms with Crippen LogP contribution in [0.5, 0.6) is 5.75 Å². The molecule has 0 atom stereocenters. The summed E-state index contributed by atoms with van der Waals surface area (Å²) < 4.78 is 44.1. The Kier molecular flexibility index (Phi) is 5.99. The third-order valence-corrected chi connectivity index (χ3v) is 5.37. The Balaban J connectivity index is 2.16. The highest BCUT2D eigenvalue weighted by molar-refractivity contribution is 7.89. The van der Waals surface area contributed by atoms with Crippen molar-refractivity contribution in [2.45, 2.75) is 4.90 Å². The summed E-state index contributed by atoms with van der Waals surface area (Å²) in [5.41, 5.74) is 0.359. The molecule has 1 amide bonds. The van der Waals surface area contributed by atoms with Gasteiger partial charge in [-0.1, -0.05) is 11.6 Å². The number of rotatable bonds is 6. The van der Waals surface area contributed by atoms with E-state index in [1.54, 1.807) is 0 Å². The Hall–Kier alpha value is -2.16. The van der Waals surface area contributed by atoms with Crippen LogP contribution >= 0.6 is 11.6 Å². The molecule has 9 heteroatoms. The van der Waals surface area contributed by atoms with Gasteiger partial charge in [0.1, 0.15) is 16.5 Å². The Bertz CT molecular complexity index is 872. The molecule has 0 aliphatic heterocycles. The number of nitrogens with zero attached hydrogens (tertiary/aromatic N) is 1. The molecule has 0 aliphatic carbocycles. The summed E-state index contributed by atoms with van der Waals surface area (Å²) in [6.07, 6.45) is 0. The fraction of sp³-hybridized carbons (Fsp3) is 0.188. The number of anilines is 1. The summed E-state index contributed by atoms with van der Waals surface area (Å²) in [5.74, 6) is -0.889. The zero-order valence-electron chi connectivity index (χ0n) is 13.5.